The van der Waals surface area contributed by atoms with Gasteiger partial charge in [-0.15, -0.1) is 0 Å². The van der Waals surface area contributed by atoms with Gasteiger partial charge in [0.05, 0.1) is 12.8 Å². The number of H-pyrrole nitrogens is 1. The minimum atomic E-state index is -0.0769. The molecule has 0 saturated heterocycles. The number of amides is 2. The number of aromatic nitrogens is 1. The van der Waals surface area contributed by atoms with Crippen molar-refractivity contribution in [2.75, 3.05) is 10.6 Å². The molecule has 5 heteroatoms. The highest BCUT2D eigenvalue weighted by molar-refractivity contribution is 6.01. The molecule has 4 rings (SSSR count). The van der Waals surface area contributed by atoms with Gasteiger partial charge in [-0.1, -0.05) is 18.2 Å². The molecule has 3 aromatic rings. The Morgan fingerprint density at radius 1 is 1.17 bits per heavy atom. The van der Waals surface area contributed by atoms with Crippen LogP contribution in [0, 0.1) is 0 Å². The first-order valence-electron chi connectivity index (χ1n) is 7.47. The second kappa shape index (κ2) is 5.28. The smallest absolute Gasteiger partial charge is 0.228 e. The normalized spacial score (nSPS) is 13.0. The third kappa shape index (κ3) is 2.57. The maximum absolute atomic E-state index is 12.3. The standard InChI is InChI=1S/C18H15N3O2/c22-17(9-12-10-19-16-4-2-1-3-14(12)16)20-13-5-6-15-11(7-13)8-18(23)21-15/h1-7,10,19H,8-9H2,(H,20,22)(H,21,23). The van der Waals surface area contributed by atoms with E-state index in [1.54, 1.807) is 6.07 Å². The minimum absolute atomic E-state index is 0.0118. The van der Waals surface area contributed by atoms with Crippen molar-refractivity contribution < 1.29 is 9.59 Å². The van der Waals surface area contributed by atoms with Crippen LogP contribution in [0.4, 0.5) is 11.4 Å². The van der Waals surface area contributed by atoms with Crippen molar-refractivity contribution >= 4 is 34.1 Å². The van der Waals surface area contributed by atoms with E-state index in [1.165, 1.54) is 0 Å². The van der Waals surface area contributed by atoms with Gasteiger partial charge in [-0.05, 0) is 35.4 Å². The molecule has 2 aromatic carbocycles. The fourth-order valence-electron chi connectivity index (χ4n) is 2.96. The second-order valence-electron chi connectivity index (χ2n) is 5.68. The van der Waals surface area contributed by atoms with E-state index in [2.05, 4.69) is 15.6 Å². The zero-order chi connectivity index (χ0) is 15.8. The van der Waals surface area contributed by atoms with E-state index in [4.69, 9.17) is 0 Å². The molecule has 0 spiro atoms. The predicted molar refractivity (Wildman–Crippen MR) is 89.4 cm³/mol. The fourth-order valence-corrected chi connectivity index (χ4v) is 2.96. The van der Waals surface area contributed by atoms with E-state index in [0.29, 0.717) is 18.5 Å². The number of carbonyl (C=O) groups is 2. The SMILES string of the molecule is O=C(Cc1c[nH]c2ccccc12)Nc1ccc2c(c1)CC(=O)N2. The quantitative estimate of drug-likeness (QED) is 0.696. The molecule has 0 aliphatic carbocycles. The molecule has 2 heterocycles. The third-order valence-corrected chi connectivity index (χ3v) is 4.04. The molecule has 114 valence electrons. The van der Waals surface area contributed by atoms with E-state index >= 15 is 0 Å². The van der Waals surface area contributed by atoms with Crippen molar-refractivity contribution in [2.45, 2.75) is 12.8 Å². The molecule has 1 aliphatic heterocycles. The number of carbonyl (C=O) groups excluding carboxylic acids is 2. The van der Waals surface area contributed by atoms with Crippen LogP contribution in [0.3, 0.4) is 0 Å². The van der Waals surface area contributed by atoms with Gasteiger partial charge in [0.1, 0.15) is 0 Å². The summed E-state index contributed by atoms with van der Waals surface area (Å²) in [6, 6.07) is 13.4. The molecular weight excluding hydrogens is 290 g/mol. The molecule has 3 N–H and O–H groups in total. The average molecular weight is 305 g/mol. The number of para-hydroxylation sites is 1. The Labute approximate surface area is 132 Å². The topological polar surface area (TPSA) is 74.0 Å². The Balaban J connectivity index is 1.50. The summed E-state index contributed by atoms with van der Waals surface area (Å²) in [7, 11) is 0. The maximum atomic E-state index is 12.3. The Kier molecular flexibility index (Phi) is 3.12. The number of benzene rings is 2. The summed E-state index contributed by atoms with van der Waals surface area (Å²) in [4.78, 5) is 26.8. The average Bonchev–Trinajstić information content (AvgIpc) is 3.10. The number of aromatic amines is 1. The van der Waals surface area contributed by atoms with Crippen molar-refractivity contribution in [1.82, 2.24) is 4.98 Å². The summed E-state index contributed by atoms with van der Waals surface area (Å²) < 4.78 is 0. The molecule has 1 aliphatic rings. The van der Waals surface area contributed by atoms with Gasteiger partial charge in [-0.25, -0.2) is 0 Å². The van der Waals surface area contributed by atoms with Crippen LogP contribution in [-0.2, 0) is 22.4 Å². The lowest BCUT2D eigenvalue weighted by molar-refractivity contribution is -0.116. The Bertz CT molecular complexity index is 927. The molecule has 0 fully saturated rings. The first kappa shape index (κ1) is 13.6. The lowest BCUT2D eigenvalue weighted by atomic mass is 10.1. The lowest BCUT2D eigenvalue weighted by Gasteiger charge is -2.07. The number of anilines is 2. The molecule has 0 bridgehead atoms. The second-order valence-corrected chi connectivity index (χ2v) is 5.68. The summed E-state index contributed by atoms with van der Waals surface area (Å²) in [5.41, 5.74) is 4.45. The summed E-state index contributed by atoms with van der Waals surface area (Å²) in [5, 5.41) is 6.74. The molecule has 0 atom stereocenters. The van der Waals surface area contributed by atoms with E-state index < -0.39 is 0 Å². The van der Waals surface area contributed by atoms with E-state index in [-0.39, 0.29) is 11.8 Å². The largest absolute Gasteiger partial charge is 0.361 e. The fraction of sp³-hybridized carbons (Fsp3) is 0.111. The predicted octanol–water partition coefficient (Wildman–Crippen LogP) is 2.84. The lowest BCUT2D eigenvalue weighted by Crippen LogP contribution is -2.14. The summed E-state index contributed by atoms with van der Waals surface area (Å²) in [5.74, 6) is -0.0887. The van der Waals surface area contributed by atoms with Crippen molar-refractivity contribution in [3.05, 3.63) is 59.8 Å². The molecular formula is C18H15N3O2. The van der Waals surface area contributed by atoms with Gasteiger partial charge in [0.2, 0.25) is 11.8 Å². The molecule has 23 heavy (non-hydrogen) atoms. The molecule has 5 nitrogen and oxygen atoms in total. The van der Waals surface area contributed by atoms with Crippen LogP contribution >= 0.6 is 0 Å². The monoisotopic (exact) mass is 305 g/mol. The van der Waals surface area contributed by atoms with Gasteiger partial charge in [0.25, 0.3) is 0 Å². The molecule has 0 radical (unpaired) electrons. The van der Waals surface area contributed by atoms with Gasteiger partial charge in [-0.3, -0.25) is 9.59 Å². The number of nitrogens with one attached hydrogen (secondary N) is 3. The Morgan fingerprint density at radius 2 is 2.04 bits per heavy atom. The third-order valence-electron chi connectivity index (χ3n) is 4.04. The number of rotatable bonds is 3. The Hall–Kier alpha value is -3.08. The summed E-state index contributed by atoms with van der Waals surface area (Å²) in [6.07, 6.45) is 2.54. The van der Waals surface area contributed by atoms with Gasteiger partial charge in [0, 0.05) is 28.5 Å². The van der Waals surface area contributed by atoms with Crippen molar-refractivity contribution in [1.29, 1.82) is 0 Å². The molecule has 2 amide bonds. The van der Waals surface area contributed by atoms with Crippen LogP contribution in [-0.4, -0.2) is 16.8 Å². The van der Waals surface area contributed by atoms with E-state index in [1.807, 2.05) is 42.6 Å². The molecule has 0 saturated carbocycles. The van der Waals surface area contributed by atoms with Gasteiger partial charge >= 0.3 is 0 Å². The van der Waals surface area contributed by atoms with Crippen molar-refractivity contribution in [3.8, 4) is 0 Å². The minimum Gasteiger partial charge on any atom is -0.361 e. The first-order valence-corrected chi connectivity index (χ1v) is 7.47. The van der Waals surface area contributed by atoms with Crippen LogP contribution < -0.4 is 10.6 Å². The van der Waals surface area contributed by atoms with Crippen LogP contribution in [0.1, 0.15) is 11.1 Å². The highest BCUT2D eigenvalue weighted by atomic mass is 16.2. The zero-order valence-electron chi connectivity index (χ0n) is 12.3. The van der Waals surface area contributed by atoms with Crippen LogP contribution in [0.25, 0.3) is 10.9 Å². The van der Waals surface area contributed by atoms with Crippen molar-refractivity contribution in [3.63, 3.8) is 0 Å². The van der Waals surface area contributed by atoms with Crippen LogP contribution in [0.15, 0.2) is 48.7 Å². The summed E-state index contributed by atoms with van der Waals surface area (Å²) >= 11 is 0. The van der Waals surface area contributed by atoms with Crippen molar-refractivity contribution in [2.24, 2.45) is 0 Å². The highest BCUT2D eigenvalue weighted by Crippen LogP contribution is 2.26. The maximum Gasteiger partial charge on any atom is 0.228 e. The Morgan fingerprint density at radius 3 is 2.96 bits per heavy atom. The highest BCUT2D eigenvalue weighted by Gasteiger charge is 2.18. The zero-order valence-corrected chi connectivity index (χ0v) is 12.3. The molecule has 1 aromatic heterocycles. The van der Waals surface area contributed by atoms with Gasteiger partial charge < -0.3 is 15.6 Å². The van der Waals surface area contributed by atoms with Crippen LogP contribution in [0.2, 0.25) is 0 Å². The van der Waals surface area contributed by atoms with Gasteiger partial charge in [0.15, 0.2) is 0 Å². The number of hydrogen-bond donors (Lipinski definition) is 3. The summed E-state index contributed by atoms with van der Waals surface area (Å²) in [6.45, 7) is 0. The van der Waals surface area contributed by atoms with E-state index in [0.717, 1.165) is 27.7 Å². The van der Waals surface area contributed by atoms with Gasteiger partial charge in [-0.2, -0.15) is 0 Å². The molecule has 0 unspecified atom stereocenters. The first-order chi connectivity index (χ1) is 11.2. The van der Waals surface area contributed by atoms with E-state index in [9.17, 15) is 9.59 Å². The number of fused-ring (bicyclic) bond motifs is 2. The number of hydrogen-bond acceptors (Lipinski definition) is 2. The van der Waals surface area contributed by atoms with Crippen LogP contribution in [0.5, 0.6) is 0 Å².